The van der Waals surface area contributed by atoms with Gasteiger partial charge >= 0.3 is 0 Å². The molecule has 2 aliphatic carbocycles. The molecule has 1 spiro atoms. The molecular weight excluding hydrogens is 374 g/mol. The molecule has 2 aliphatic rings. The summed E-state index contributed by atoms with van der Waals surface area (Å²) in [6.45, 7) is 7.19. The zero-order valence-corrected chi connectivity index (χ0v) is 14.3. The third kappa shape index (κ3) is 2.21. The Labute approximate surface area is 147 Å². The Morgan fingerprint density at radius 3 is 2.67 bits per heavy atom. The molecule has 5 heteroatoms. The van der Waals surface area contributed by atoms with Crippen LogP contribution >= 0.6 is 15.9 Å². The number of halogens is 3. The monoisotopic (exact) mass is 386 g/mol. The van der Waals surface area contributed by atoms with Crippen LogP contribution in [0.15, 0.2) is 39.9 Å². The second kappa shape index (κ2) is 5.49. The quantitative estimate of drug-likeness (QED) is 0.443. The zero-order valence-electron chi connectivity index (χ0n) is 12.7. The van der Waals surface area contributed by atoms with Crippen LogP contribution in [0, 0.1) is 23.6 Å². The first-order valence-electron chi connectivity index (χ1n) is 7.73. The maximum atomic E-state index is 14.1. The molecule has 2 aromatic carbocycles. The van der Waals surface area contributed by atoms with Gasteiger partial charge in [0.1, 0.15) is 5.71 Å². The molecule has 0 radical (unpaired) electrons. The average molecular weight is 387 g/mol. The van der Waals surface area contributed by atoms with Crippen molar-refractivity contribution in [3.8, 4) is 0 Å². The van der Waals surface area contributed by atoms with Gasteiger partial charge in [-0.05, 0) is 60.6 Å². The van der Waals surface area contributed by atoms with Crippen molar-refractivity contribution in [1.82, 2.24) is 0 Å². The van der Waals surface area contributed by atoms with E-state index in [0.717, 1.165) is 33.3 Å². The van der Waals surface area contributed by atoms with Gasteiger partial charge in [0.25, 0.3) is 0 Å². The number of hydrogen-bond acceptors (Lipinski definition) is 1. The SMILES string of the molecule is [C-]#[N+]N=C1c2cc(Br)ccc2CC12CCc1c(ccc(F)c1F)C2. The van der Waals surface area contributed by atoms with Crippen molar-refractivity contribution in [2.24, 2.45) is 10.5 Å². The Hall–Kier alpha value is -2.06. The minimum atomic E-state index is -0.793. The van der Waals surface area contributed by atoms with E-state index in [4.69, 9.17) is 6.57 Å². The standard InChI is InChI=1S/C19H13BrF2N2/c1-23-24-18-15-8-13(20)4-2-12(15)10-19(18)7-6-14-11(9-19)3-5-16(21)17(14)22/h2-5,8H,6-7,9-10H2. The molecule has 24 heavy (non-hydrogen) atoms. The maximum absolute atomic E-state index is 14.1. The smallest absolute Gasteiger partial charge is 0.162 e. The lowest BCUT2D eigenvalue weighted by Crippen LogP contribution is -2.35. The summed E-state index contributed by atoms with van der Waals surface area (Å²) >= 11 is 3.48. The first-order valence-corrected chi connectivity index (χ1v) is 8.53. The molecule has 0 aromatic heterocycles. The molecule has 1 unspecified atom stereocenters. The van der Waals surface area contributed by atoms with Crippen LogP contribution in [0.2, 0.25) is 0 Å². The Kier molecular flexibility index (Phi) is 3.54. The van der Waals surface area contributed by atoms with Gasteiger partial charge in [-0.25, -0.2) is 8.78 Å². The third-order valence-corrected chi connectivity index (χ3v) is 5.68. The van der Waals surface area contributed by atoms with Gasteiger partial charge in [0.15, 0.2) is 11.6 Å². The summed E-state index contributed by atoms with van der Waals surface area (Å²) in [6.07, 6.45) is 2.49. The van der Waals surface area contributed by atoms with Crippen LogP contribution in [0.5, 0.6) is 0 Å². The van der Waals surface area contributed by atoms with Crippen LogP contribution in [-0.4, -0.2) is 5.71 Å². The minimum Gasteiger partial charge on any atom is -0.204 e. The van der Waals surface area contributed by atoms with Crippen LogP contribution in [0.1, 0.15) is 28.7 Å². The summed E-state index contributed by atoms with van der Waals surface area (Å²) in [4.78, 5) is 3.27. The van der Waals surface area contributed by atoms with E-state index in [1.807, 2.05) is 18.2 Å². The van der Waals surface area contributed by atoms with Crippen LogP contribution in [0.3, 0.4) is 0 Å². The predicted octanol–water partition coefficient (Wildman–Crippen LogP) is 5.08. The molecule has 0 bridgehead atoms. The highest BCUT2D eigenvalue weighted by molar-refractivity contribution is 9.10. The van der Waals surface area contributed by atoms with E-state index in [1.54, 1.807) is 6.07 Å². The van der Waals surface area contributed by atoms with Gasteiger partial charge in [0.2, 0.25) is 0 Å². The van der Waals surface area contributed by atoms with Gasteiger partial charge in [-0.15, -0.1) is 4.95 Å². The van der Waals surface area contributed by atoms with Gasteiger partial charge in [-0.2, -0.15) is 6.57 Å². The Morgan fingerprint density at radius 2 is 1.88 bits per heavy atom. The highest BCUT2D eigenvalue weighted by atomic mass is 79.9. The number of hydrogen-bond donors (Lipinski definition) is 0. The van der Waals surface area contributed by atoms with Crippen molar-refractivity contribution in [2.45, 2.75) is 25.7 Å². The van der Waals surface area contributed by atoms with Crippen LogP contribution < -0.4 is 0 Å². The fourth-order valence-electron chi connectivity index (χ4n) is 4.11. The molecule has 0 heterocycles. The Balaban J connectivity index is 1.83. The van der Waals surface area contributed by atoms with Gasteiger partial charge in [-0.3, -0.25) is 0 Å². The number of nitrogens with zero attached hydrogens (tertiary/aromatic N) is 2. The van der Waals surface area contributed by atoms with E-state index in [9.17, 15) is 8.78 Å². The lowest BCUT2D eigenvalue weighted by molar-refractivity contribution is 0.361. The predicted molar refractivity (Wildman–Crippen MR) is 91.8 cm³/mol. The summed E-state index contributed by atoms with van der Waals surface area (Å²) in [5, 5.41) is 4.12. The highest BCUT2D eigenvalue weighted by Crippen LogP contribution is 2.47. The van der Waals surface area contributed by atoms with Crippen molar-refractivity contribution in [3.05, 3.63) is 80.2 Å². The molecule has 0 N–H and O–H groups in total. The molecule has 0 saturated carbocycles. The number of fused-ring (bicyclic) bond motifs is 2. The number of rotatable bonds is 0. The molecular formula is C19H13BrF2N2. The molecule has 0 amide bonds. The van der Waals surface area contributed by atoms with Gasteiger partial charge in [0.05, 0.1) is 5.10 Å². The van der Waals surface area contributed by atoms with Crippen molar-refractivity contribution in [2.75, 3.05) is 0 Å². The van der Waals surface area contributed by atoms with Crippen LogP contribution in [0.4, 0.5) is 8.78 Å². The van der Waals surface area contributed by atoms with E-state index in [1.165, 1.54) is 6.07 Å². The van der Waals surface area contributed by atoms with E-state index >= 15 is 0 Å². The molecule has 1 atom stereocenters. The van der Waals surface area contributed by atoms with Gasteiger partial charge in [-0.1, -0.05) is 28.1 Å². The molecule has 0 aliphatic heterocycles. The zero-order chi connectivity index (χ0) is 16.9. The molecule has 2 nitrogen and oxygen atoms in total. The van der Waals surface area contributed by atoms with Crippen molar-refractivity contribution in [3.63, 3.8) is 0 Å². The first-order chi connectivity index (χ1) is 11.5. The molecule has 0 saturated heterocycles. The number of benzene rings is 2. The van der Waals surface area contributed by atoms with Gasteiger partial charge < -0.3 is 0 Å². The second-order valence-electron chi connectivity index (χ2n) is 6.48. The highest BCUT2D eigenvalue weighted by Gasteiger charge is 2.47. The summed E-state index contributed by atoms with van der Waals surface area (Å²) in [7, 11) is 0. The Morgan fingerprint density at radius 1 is 1.12 bits per heavy atom. The van der Waals surface area contributed by atoms with E-state index in [-0.39, 0.29) is 5.41 Å². The summed E-state index contributed by atoms with van der Waals surface area (Å²) in [5.74, 6) is -1.53. The molecule has 4 rings (SSSR count). The van der Waals surface area contributed by atoms with E-state index in [2.05, 4.69) is 26.0 Å². The van der Waals surface area contributed by atoms with E-state index in [0.29, 0.717) is 24.8 Å². The lowest BCUT2D eigenvalue weighted by atomic mass is 9.68. The van der Waals surface area contributed by atoms with Crippen molar-refractivity contribution < 1.29 is 8.78 Å². The molecule has 120 valence electrons. The first kappa shape index (κ1) is 15.5. The summed E-state index contributed by atoms with van der Waals surface area (Å²) < 4.78 is 28.5. The summed E-state index contributed by atoms with van der Waals surface area (Å²) in [5.41, 5.74) is 3.93. The topological polar surface area (TPSA) is 16.7 Å². The van der Waals surface area contributed by atoms with Crippen LogP contribution in [-0.2, 0) is 19.3 Å². The Bertz CT molecular complexity index is 930. The second-order valence-corrected chi connectivity index (χ2v) is 7.40. The van der Waals surface area contributed by atoms with Crippen molar-refractivity contribution >= 4 is 21.6 Å². The van der Waals surface area contributed by atoms with Crippen molar-refractivity contribution in [1.29, 1.82) is 0 Å². The molecule has 0 fully saturated rings. The minimum absolute atomic E-state index is 0.301. The third-order valence-electron chi connectivity index (χ3n) is 5.18. The summed E-state index contributed by atoms with van der Waals surface area (Å²) in [6, 6.07) is 8.89. The maximum Gasteiger partial charge on any atom is 0.162 e. The average Bonchev–Trinajstić information content (AvgIpc) is 2.85. The molecule has 2 aromatic rings. The fraction of sp³-hybridized carbons (Fsp3) is 0.263. The van der Waals surface area contributed by atoms with Crippen LogP contribution in [0.25, 0.3) is 4.95 Å². The largest absolute Gasteiger partial charge is 0.204 e. The van der Waals surface area contributed by atoms with E-state index < -0.39 is 11.6 Å². The normalized spacial score (nSPS) is 23.2. The van der Waals surface area contributed by atoms with Gasteiger partial charge in [0, 0.05) is 15.5 Å². The fourth-order valence-corrected chi connectivity index (χ4v) is 4.47. The lowest BCUT2D eigenvalue weighted by Gasteiger charge is -2.34.